The molecule has 4 rings (SSSR count). The molecule has 0 radical (unpaired) electrons. The van der Waals surface area contributed by atoms with Gasteiger partial charge >= 0.3 is 0 Å². The van der Waals surface area contributed by atoms with Crippen molar-refractivity contribution in [2.45, 2.75) is 24.2 Å². The molecule has 0 atom stereocenters. The number of nitrogens with zero attached hydrogens (tertiary/aromatic N) is 2. The zero-order valence-corrected chi connectivity index (χ0v) is 18.7. The number of hydrogen-bond donors (Lipinski definition) is 1. The smallest absolute Gasteiger partial charge is 0.255 e. The van der Waals surface area contributed by atoms with E-state index in [1.54, 1.807) is 42.5 Å². The lowest BCUT2D eigenvalue weighted by Gasteiger charge is -2.26. The number of ether oxygens (including phenoxy) is 1. The van der Waals surface area contributed by atoms with Crippen molar-refractivity contribution in [1.29, 1.82) is 5.26 Å². The van der Waals surface area contributed by atoms with Crippen molar-refractivity contribution >= 4 is 21.6 Å². The number of amides is 1. The van der Waals surface area contributed by atoms with Gasteiger partial charge in [0.1, 0.15) is 5.75 Å². The molecular formula is C25H23N3O4S. The topological polar surface area (TPSA) is 99.5 Å². The van der Waals surface area contributed by atoms with Crippen molar-refractivity contribution in [1.82, 2.24) is 4.31 Å². The Labute approximate surface area is 193 Å². The van der Waals surface area contributed by atoms with Gasteiger partial charge in [-0.1, -0.05) is 24.6 Å². The van der Waals surface area contributed by atoms with E-state index in [0.29, 0.717) is 35.7 Å². The summed E-state index contributed by atoms with van der Waals surface area (Å²) in [6.07, 6.45) is 2.68. The Balaban J connectivity index is 1.68. The molecule has 1 aliphatic rings. The second-order valence-corrected chi connectivity index (χ2v) is 9.62. The molecule has 0 bridgehead atoms. The summed E-state index contributed by atoms with van der Waals surface area (Å²) in [5.41, 5.74) is 1.02. The van der Waals surface area contributed by atoms with Crippen LogP contribution in [-0.4, -0.2) is 31.7 Å². The maximum Gasteiger partial charge on any atom is 0.255 e. The zero-order valence-electron chi connectivity index (χ0n) is 17.9. The lowest BCUT2D eigenvalue weighted by Crippen LogP contribution is -2.35. The maximum atomic E-state index is 13.2. The van der Waals surface area contributed by atoms with Crippen LogP contribution < -0.4 is 10.1 Å². The number of sulfonamides is 1. The second kappa shape index (κ2) is 9.86. The molecular weight excluding hydrogens is 438 g/mol. The first kappa shape index (κ1) is 22.5. The third-order valence-electron chi connectivity index (χ3n) is 5.40. The summed E-state index contributed by atoms with van der Waals surface area (Å²) in [7, 11) is -3.69. The highest BCUT2D eigenvalue weighted by Crippen LogP contribution is 2.33. The van der Waals surface area contributed by atoms with Crippen LogP contribution in [0.3, 0.4) is 0 Å². The fourth-order valence-electron chi connectivity index (χ4n) is 3.62. The van der Waals surface area contributed by atoms with Crippen molar-refractivity contribution in [3.63, 3.8) is 0 Å². The molecule has 8 heteroatoms. The predicted molar refractivity (Wildman–Crippen MR) is 125 cm³/mol. The van der Waals surface area contributed by atoms with Crippen LogP contribution in [0.5, 0.6) is 11.5 Å². The molecule has 1 amide bonds. The molecule has 1 fully saturated rings. The molecule has 7 nitrogen and oxygen atoms in total. The molecule has 3 aromatic rings. The van der Waals surface area contributed by atoms with E-state index in [-0.39, 0.29) is 10.6 Å². The van der Waals surface area contributed by atoms with E-state index >= 15 is 0 Å². The molecule has 1 heterocycles. The maximum absolute atomic E-state index is 13.2. The average molecular weight is 462 g/mol. The highest BCUT2D eigenvalue weighted by Gasteiger charge is 2.27. The van der Waals surface area contributed by atoms with Gasteiger partial charge in [-0.25, -0.2) is 8.42 Å². The van der Waals surface area contributed by atoms with Gasteiger partial charge in [-0.05, 0) is 67.4 Å². The third-order valence-corrected chi connectivity index (χ3v) is 7.29. The van der Waals surface area contributed by atoms with E-state index in [9.17, 15) is 13.2 Å². The number of benzene rings is 3. The highest BCUT2D eigenvalue weighted by atomic mass is 32.2. The van der Waals surface area contributed by atoms with Crippen molar-refractivity contribution in [3.8, 4) is 17.6 Å². The van der Waals surface area contributed by atoms with Gasteiger partial charge in [0.25, 0.3) is 5.91 Å². The Morgan fingerprint density at radius 1 is 0.939 bits per heavy atom. The normalized spacial score (nSPS) is 14.3. The summed E-state index contributed by atoms with van der Waals surface area (Å²) >= 11 is 0. The molecule has 1 N–H and O–H groups in total. The minimum Gasteiger partial charge on any atom is -0.455 e. The molecule has 0 saturated carbocycles. The third kappa shape index (κ3) is 5.22. The summed E-state index contributed by atoms with van der Waals surface area (Å²) < 4.78 is 33.8. The summed E-state index contributed by atoms with van der Waals surface area (Å²) in [4.78, 5) is 13.0. The first-order valence-corrected chi connectivity index (χ1v) is 12.1. The first-order chi connectivity index (χ1) is 16.0. The summed E-state index contributed by atoms with van der Waals surface area (Å²) in [6.45, 7) is 0.967. The van der Waals surface area contributed by atoms with Gasteiger partial charge in [0.15, 0.2) is 5.75 Å². The number of rotatable bonds is 6. The molecule has 0 aliphatic carbocycles. The Morgan fingerprint density at radius 3 is 2.30 bits per heavy atom. The second-order valence-electron chi connectivity index (χ2n) is 7.68. The molecule has 3 aromatic carbocycles. The Kier molecular flexibility index (Phi) is 6.73. The monoisotopic (exact) mass is 461 g/mol. The van der Waals surface area contributed by atoms with Gasteiger partial charge in [-0.15, -0.1) is 0 Å². The number of nitriles is 1. The van der Waals surface area contributed by atoms with Crippen LogP contribution in [0.1, 0.15) is 35.2 Å². The first-order valence-electron chi connectivity index (χ1n) is 10.7. The largest absolute Gasteiger partial charge is 0.455 e. The van der Waals surface area contributed by atoms with Crippen LogP contribution >= 0.6 is 0 Å². The fourth-order valence-corrected chi connectivity index (χ4v) is 5.16. The number of piperidine rings is 1. The standard InChI is InChI=1S/C25H23N3O4S/c26-18-19-9-11-20(12-10-19)25(29)27-23-17-22(33(30,31)28-15-5-2-6-16-28)13-14-24(23)32-21-7-3-1-4-8-21/h1,3-4,7-14,17H,2,5-6,15-16H2,(H,27,29). The van der Waals surface area contributed by atoms with E-state index in [4.69, 9.17) is 10.00 Å². The minimum absolute atomic E-state index is 0.0972. The zero-order chi connectivity index (χ0) is 23.3. The quantitative estimate of drug-likeness (QED) is 0.570. The Bertz CT molecular complexity index is 1280. The van der Waals surface area contributed by atoms with Gasteiger partial charge in [-0.3, -0.25) is 4.79 Å². The molecule has 0 spiro atoms. The SMILES string of the molecule is N#Cc1ccc(C(=O)Nc2cc(S(=O)(=O)N3CCCCC3)ccc2Oc2ccccc2)cc1. The van der Waals surface area contributed by atoms with Gasteiger partial charge in [0.05, 0.1) is 22.2 Å². The van der Waals surface area contributed by atoms with Crippen LogP contribution in [0.2, 0.25) is 0 Å². The van der Waals surface area contributed by atoms with Crippen LogP contribution in [-0.2, 0) is 10.0 Å². The van der Waals surface area contributed by atoms with E-state index < -0.39 is 15.9 Å². The Hall–Kier alpha value is -3.67. The molecule has 1 saturated heterocycles. The van der Waals surface area contributed by atoms with Crippen molar-refractivity contribution in [2.75, 3.05) is 18.4 Å². The van der Waals surface area contributed by atoms with E-state index in [0.717, 1.165) is 19.3 Å². The summed E-state index contributed by atoms with van der Waals surface area (Å²) in [5, 5.41) is 11.7. The number of carbonyl (C=O) groups is 1. The van der Waals surface area contributed by atoms with Crippen LogP contribution in [0.25, 0.3) is 0 Å². The lowest BCUT2D eigenvalue weighted by molar-refractivity contribution is 0.102. The van der Waals surface area contributed by atoms with Crippen molar-refractivity contribution in [3.05, 3.63) is 83.9 Å². The molecule has 33 heavy (non-hydrogen) atoms. The predicted octanol–water partition coefficient (Wildman–Crippen LogP) is 4.78. The molecule has 0 unspecified atom stereocenters. The molecule has 1 aliphatic heterocycles. The van der Waals surface area contributed by atoms with Crippen LogP contribution in [0.4, 0.5) is 5.69 Å². The van der Waals surface area contributed by atoms with Gasteiger partial charge in [-0.2, -0.15) is 9.57 Å². The summed E-state index contributed by atoms with van der Waals surface area (Å²) in [6, 6.07) is 21.7. The van der Waals surface area contributed by atoms with Crippen LogP contribution in [0.15, 0.2) is 77.7 Å². The van der Waals surface area contributed by atoms with Gasteiger partial charge in [0, 0.05) is 18.7 Å². The number of para-hydroxylation sites is 1. The van der Waals surface area contributed by atoms with Crippen molar-refractivity contribution < 1.29 is 17.9 Å². The fraction of sp³-hybridized carbons (Fsp3) is 0.200. The van der Waals surface area contributed by atoms with E-state index in [2.05, 4.69) is 5.32 Å². The van der Waals surface area contributed by atoms with Gasteiger partial charge < -0.3 is 10.1 Å². The van der Waals surface area contributed by atoms with Crippen LogP contribution in [0, 0.1) is 11.3 Å². The molecule has 0 aromatic heterocycles. The number of carbonyl (C=O) groups excluding carboxylic acids is 1. The number of nitrogens with one attached hydrogen (secondary N) is 1. The number of hydrogen-bond acceptors (Lipinski definition) is 5. The Morgan fingerprint density at radius 2 is 1.64 bits per heavy atom. The highest BCUT2D eigenvalue weighted by molar-refractivity contribution is 7.89. The summed E-state index contributed by atoms with van der Waals surface area (Å²) in [5.74, 6) is 0.434. The van der Waals surface area contributed by atoms with E-state index in [1.807, 2.05) is 24.3 Å². The number of anilines is 1. The molecule has 168 valence electrons. The minimum atomic E-state index is -3.69. The average Bonchev–Trinajstić information content (AvgIpc) is 2.86. The van der Waals surface area contributed by atoms with E-state index in [1.165, 1.54) is 16.4 Å². The van der Waals surface area contributed by atoms with Crippen molar-refractivity contribution in [2.24, 2.45) is 0 Å². The van der Waals surface area contributed by atoms with Gasteiger partial charge in [0.2, 0.25) is 10.0 Å². The lowest BCUT2D eigenvalue weighted by atomic mass is 10.1.